The monoisotopic (exact) mass is 279 g/mol. The predicted molar refractivity (Wildman–Crippen MR) is 65.9 cm³/mol. The van der Waals surface area contributed by atoms with Crippen molar-refractivity contribution < 1.29 is 8.42 Å². The average molecular weight is 280 g/mol. The van der Waals surface area contributed by atoms with Gasteiger partial charge in [0.1, 0.15) is 0 Å². The van der Waals surface area contributed by atoms with E-state index in [-0.39, 0.29) is 17.5 Å². The lowest BCUT2D eigenvalue weighted by atomic mass is 10.1. The van der Waals surface area contributed by atoms with Crippen LogP contribution in [0.2, 0.25) is 10.0 Å². The first-order valence-corrected chi connectivity index (χ1v) is 7.45. The first-order valence-electron chi connectivity index (χ1n) is 4.87. The van der Waals surface area contributed by atoms with Gasteiger partial charge in [0.05, 0.1) is 21.6 Å². The van der Waals surface area contributed by atoms with E-state index >= 15 is 0 Å². The molecule has 88 valence electrons. The maximum atomic E-state index is 11.5. The molecule has 1 fully saturated rings. The summed E-state index contributed by atoms with van der Waals surface area (Å²) < 4.78 is 23.0. The predicted octanol–water partition coefficient (Wildman–Crippen LogP) is 2.05. The zero-order valence-electron chi connectivity index (χ0n) is 8.41. The molecule has 0 saturated carbocycles. The van der Waals surface area contributed by atoms with Crippen LogP contribution >= 0.6 is 23.2 Å². The molecule has 0 aromatic heterocycles. The van der Waals surface area contributed by atoms with Crippen molar-refractivity contribution in [3.8, 4) is 0 Å². The van der Waals surface area contributed by atoms with Gasteiger partial charge in [-0.1, -0.05) is 35.3 Å². The van der Waals surface area contributed by atoms with E-state index in [0.717, 1.165) is 5.56 Å². The molecular formula is C10H11Cl2NO2S. The average Bonchev–Trinajstić information content (AvgIpc) is 2.20. The summed E-state index contributed by atoms with van der Waals surface area (Å²) in [6, 6.07) is 4.99. The van der Waals surface area contributed by atoms with Crippen LogP contribution in [0.3, 0.4) is 0 Å². The second-order valence-corrected chi connectivity index (χ2v) is 6.78. The molecule has 1 atom stereocenters. The molecule has 16 heavy (non-hydrogen) atoms. The van der Waals surface area contributed by atoms with E-state index in [4.69, 9.17) is 23.2 Å². The molecule has 3 nitrogen and oxygen atoms in total. The summed E-state index contributed by atoms with van der Waals surface area (Å²) in [6.45, 7) is 0.454. The van der Waals surface area contributed by atoms with Gasteiger partial charge in [-0.3, -0.25) is 0 Å². The van der Waals surface area contributed by atoms with E-state index < -0.39 is 9.84 Å². The Morgan fingerprint density at radius 1 is 1.31 bits per heavy atom. The van der Waals surface area contributed by atoms with Crippen LogP contribution in [0.1, 0.15) is 11.6 Å². The van der Waals surface area contributed by atoms with Crippen LogP contribution in [-0.2, 0) is 9.84 Å². The zero-order chi connectivity index (χ0) is 11.8. The first kappa shape index (κ1) is 12.2. The summed E-state index contributed by atoms with van der Waals surface area (Å²) in [7, 11) is -2.97. The highest BCUT2D eigenvalue weighted by molar-refractivity contribution is 7.91. The molecule has 1 aliphatic rings. The Kier molecular flexibility index (Phi) is 3.45. The Hall–Kier alpha value is -0.290. The smallest absolute Gasteiger partial charge is 0.153 e. The van der Waals surface area contributed by atoms with E-state index in [1.807, 2.05) is 0 Å². The third-order valence-electron chi connectivity index (χ3n) is 2.58. The highest BCUT2D eigenvalue weighted by Crippen LogP contribution is 2.31. The molecular weight excluding hydrogens is 269 g/mol. The number of nitrogens with one attached hydrogen (secondary N) is 1. The van der Waals surface area contributed by atoms with Crippen molar-refractivity contribution in [3.63, 3.8) is 0 Å². The largest absolute Gasteiger partial charge is 0.308 e. The fraction of sp³-hybridized carbons (Fsp3) is 0.400. The van der Waals surface area contributed by atoms with Crippen molar-refractivity contribution >= 4 is 33.0 Å². The number of hydrogen-bond donors (Lipinski definition) is 1. The van der Waals surface area contributed by atoms with Gasteiger partial charge in [0.25, 0.3) is 0 Å². The molecule has 1 unspecified atom stereocenters. The summed E-state index contributed by atoms with van der Waals surface area (Å²) in [6.07, 6.45) is 0. The minimum atomic E-state index is -2.97. The van der Waals surface area contributed by atoms with E-state index in [1.54, 1.807) is 18.2 Å². The summed E-state index contributed by atoms with van der Waals surface area (Å²) >= 11 is 11.9. The Morgan fingerprint density at radius 3 is 2.75 bits per heavy atom. The fourth-order valence-electron chi connectivity index (χ4n) is 1.77. The van der Waals surface area contributed by atoms with E-state index in [9.17, 15) is 8.42 Å². The maximum absolute atomic E-state index is 11.5. The molecule has 1 heterocycles. The van der Waals surface area contributed by atoms with Crippen LogP contribution < -0.4 is 5.32 Å². The van der Waals surface area contributed by atoms with Gasteiger partial charge in [-0.2, -0.15) is 0 Å². The third kappa shape index (κ3) is 2.51. The molecule has 0 spiro atoms. The van der Waals surface area contributed by atoms with E-state index in [0.29, 0.717) is 16.6 Å². The molecule has 6 heteroatoms. The molecule has 0 aliphatic carbocycles. The summed E-state index contributed by atoms with van der Waals surface area (Å²) in [5, 5.41) is 4.01. The summed E-state index contributed by atoms with van der Waals surface area (Å²) in [4.78, 5) is 0. The maximum Gasteiger partial charge on any atom is 0.153 e. The zero-order valence-corrected chi connectivity index (χ0v) is 10.7. The Balaban J connectivity index is 2.34. The van der Waals surface area contributed by atoms with Crippen LogP contribution in [0, 0.1) is 0 Å². The van der Waals surface area contributed by atoms with Gasteiger partial charge in [0.2, 0.25) is 0 Å². The van der Waals surface area contributed by atoms with Gasteiger partial charge in [-0.25, -0.2) is 8.42 Å². The summed E-state index contributed by atoms with van der Waals surface area (Å²) in [5.41, 5.74) is 0.748. The molecule has 1 aromatic carbocycles. The van der Waals surface area contributed by atoms with Crippen molar-refractivity contribution in [2.45, 2.75) is 6.04 Å². The molecule has 1 saturated heterocycles. The molecule has 2 rings (SSSR count). The van der Waals surface area contributed by atoms with Crippen molar-refractivity contribution in [1.29, 1.82) is 0 Å². The number of benzene rings is 1. The van der Waals surface area contributed by atoms with Crippen molar-refractivity contribution in [3.05, 3.63) is 33.8 Å². The quantitative estimate of drug-likeness (QED) is 0.856. The van der Waals surface area contributed by atoms with Crippen LogP contribution in [0.5, 0.6) is 0 Å². The van der Waals surface area contributed by atoms with Crippen LogP contribution in [0.4, 0.5) is 0 Å². The van der Waals surface area contributed by atoms with Crippen molar-refractivity contribution in [2.24, 2.45) is 0 Å². The lowest BCUT2D eigenvalue weighted by Crippen LogP contribution is -2.39. The molecule has 1 aromatic rings. The molecule has 0 radical (unpaired) electrons. The van der Waals surface area contributed by atoms with Crippen LogP contribution in [-0.4, -0.2) is 26.5 Å². The minimum Gasteiger partial charge on any atom is -0.308 e. The van der Waals surface area contributed by atoms with Crippen LogP contribution in [0.15, 0.2) is 18.2 Å². The van der Waals surface area contributed by atoms with Crippen molar-refractivity contribution in [2.75, 3.05) is 18.1 Å². The minimum absolute atomic E-state index is 0.0765. The lowest BCUT2D eigenvalue weighted by molar-refractivity contribution is 0.531. The van der Waals surface area contributed by atoms with Gasteiger partial charge in [-0.15, -0.1) is 0 Å². The van der Waals surface area contributed by atoms with E-state index in [2.05, 4.69) is 5.32 Å². The Bertz CT molecular complexity index is 502. The molecule has 1 N–H and O–H groups in total. The van der Waals surface area contributed by atoms with Gasteiger partial charge in [0, 0.05) is 12.6 Å². The second-order valence-electron chi connectivity index (χ2n) is 3.76. The Morgan fingerprint density at radius 2 is 2.06 bits per heavy atom. The van der Waals surface area contributed by atoms with Gasteiger partial charge >= 0.3 is 0 Å². The van der Waals surface area contributed by atoms with Gasteiger partial charge in [0.15, 0.2) is 9.84 Å². The highest BCUT2D eigenvalue weighted by atomic mass is 35.5. The standard InChI is InChI=1S/C10H11Cl2NO2S/c11-8-3-1-2-7(10(8)12)9-6-16(14,15)5-4-13-9/h1-3,9,13H,4-6H2. The second kappa shape index (κ2) is 4.53. The Labute approximate surface area is 105 Å². The van der Waals surface area contributed by atoms with Crippen LogP contribution in [0.25, 0.3) is 0 Å². The SMILES string of the molecule is O=S1(=O)CCNC(c2cccc(Cl)c2Cl)C1. The normalized spacial score (nSPS) is 24.2. The molecule has 0 amide bonds. The van der Waals surface area contributed by atoms with Gasteiger partial charge < -0.3 is 5.32 Å². The topological polar surface area (TPSA) is 46.2 Å². The molecule has 0 bridgehead atoms. The molecule has 1 aliphatic heterocycles. The number of sulfone groups is 1. The first-order chi connectivity index (χ1) is 7.49. The summed E-state index contributed by atoms with van der Waals surface area (Å²) in [5.74, 6) is 0.259. The number of halogens is 2. The third-order valence-corrected chi connectivity index (χ3v) is 5.08. The number of hydrogen-bond acceptors (Lipinski definition) is 3. The van der Waals surface area contributed by atoms with Crippen molar-refractivity contribution in [1.82, 2.24) is 5.32 Å². The van der Waals surface area contributed by atoms with Gasteiger partial charge in [-0.05, 0) is 11.6 Å². The lowest BCUT2D eigenvalue weighted by Gasteiger charge is -2.24. The van der Waals surface area contributed by atoms with E-state index in [1.165, 1.54) is 0 Å². The fourth-order valence-corrected chi connectivity index (χ4v) is 3.61. The number of rotatable bonds is 1. The highest BCUT2D eigenvalue weighted by Gasteiger charge is 2.27.